The molecule has 9 atom stereocenters. The molecule has 0 bridgehead atoms. The van der Waals surface area contributed by atoms with Crippen molar-refractivity contribution >= 4 is 5.97 Å². The highest BCUT2D eigenvalue weighted by molar-refractivity contribution is 5.91. The minimum atomic E-state index is -2.24. The van der Waals surface area contributed by atoms with Gasteiger partial charge in [0.25, 0.3) is 0 Å². The van der Waals surface area contributed by atoms with Crippen molar-refractivity contribution in [3.8, 4) is 17.2 Å². The quantitative estimate of drug-likeness (QED) is 0.0932. The molecule has 2 fully saturated rings. The number of benzene rings is 1. The number of ether oxygens (including phenoxy) is 4. The van der Waals surface area contributed by atoms with Gasteiger partial charge in [-0.05, 0) is 18.9 Å². The number of aromatic carboxylic acids is 1. The van der Waals surface area contributed by atoms with Crippen molar-refractivity contribution in [1.82, 2.24) is 0 Å². The molecule has 39 heavy (non-hydrogen) atoms. The van der Waals surface area contributed by atoms with Crippen molar-refractivity contribution in [1.29, 1.82) is 0 Å². The van der Waals surface area contributed by atoms with Crippen LogP contribution in [0.5, 0.6) is 17.2 Å². The van der Waals surface area contributed by atoms with Gasteiger partial charge in [-0.1, -0.05) is 19.8 Å². The van der Waals surface area contributed by atoms with E-state index in [1.54, 1.807) is 0 Å². The van der Waals surface area contributed by atoms with Gasteiger partial charge in [-0.25, -0.2) is 4.79 Å². The number of hydrogen-bond acceptors (Lipinski definition) is 14. The Labute approximate surface area is 223 Å². The van der Waals surface area contributed by atoms with Gasteiger partial charge >= 0.3 is 5.97 Å². The van der Waals surface area contributed by atoms with Crippen molar-refractivity contribution in [3.05, 3.63) is 17.2 Å². The predicted molar refractivity (Wildman–Crippen MR) is 127 cm³/mol. The third-order valence-corrected chi connectivity index (χ3v) is 6.97. The molecule has 0 aromatic heterocycles. The first-order valence-electron chi connectivity index (χ1n) is 12.5. The summed E-state index contributed by atoms with van der Waals surface area (Å²) in [5.41, 5.74) is -2.59. The zero-order valence-corrected chi connectivity index (χ0v) is 21.2. The number of aliphatic hydroxyl groups is 7. The van der Waals surface area contributed by atoms with Crippen molar-refractivity contribution in [2.45, 2.75) is 87.4 Å². The first kappa shape index (κ1) is 31.2. The molecular formula is C24H36O15. The number of phenols is 2. The van der Waals surface area contributed by atoms with Crippen LogP contribution in [0.2, 0.25) is 0 Å². The number of rotatable bonds is 12. The van der Waals surface area contributed by atoms with Crippen LogP contribution >= 0.6 is 0 Å². The summed E-state index contributed by atoms with van der Waals surface area (Å²) in [5.74, 6) is -3.54. The average Bonchev–Trinajstić information content (AvgIpc) is 3.16. The Morgan fingerprint density at radius 1 is 1.03 bits per heavy atom. The lowest BCUT2D eigenvalue weighted by Gasteiger charge is -2.40. The van der Waals surface area contributed by atoms with Gasteiger partial charge in [0.15, 0.2) is 17.8 Å². The first-order valence-corrected chi connectivity index (χ1v) is 12.5. The molecule has 0 saturated carbocycles. The Morgan fingerprint density at radius 2 is 1.72 bits per heavy atom. The fourth-order valence-corrected chi connectivity index (χ4v) is 4.56. The number of aromatic hydroxyl groups is 2. The molecule has 2 heterocycles. The van der Waals surface area contributed by atoms with Crippen LogP contribution in [0.1, 0.15) is 42.1 Å². The van der Waals surface area contributed by atoms with Crippen molar-refractivity contribution < 1.29 is 74.8 Å². The number of unbranched alkanes of at least 4 members (excludes halogenated alkanes) is 2. The number of carboxylic acids is 1. The van der Waals surface area contributed by atoms with Gasteiger partial charge in [-0.3, -0.25) is 0 Å². The van der Waals surface area contributed by atoms with E-state index in [1.807, 2.05) is 6.92 Å². The molecule has 222 valence electrons. The third-order valence-electron chi connectivity index (χ3n) is 6.97. The first-order chi connectivity index (χ1) is 18.4. The maximum Gasteiger partial charge on any atom is 0.336 e. The normalized spacial score (nSPS) is 34.8. The van der Waals surface area contributed by atoms with Crippen molar-refractivity contribution in [2.24, 2.45) is 0 Å². The summed E-state index contributed by atoms with van der Waals surface area (Å²) in [5, 5.41) is 101. The van der Waals surface area contributed by atoms with Crippen LogP contribution in [0.25, 0.3) is 0 Å². The van der Waals surface area contributed by atoms with E-state index in [4.69, 9.17) is 18.9 Å². The van der Waals surface area contributed by atoms with Gasteiger partial charge in [-0.2, -0.15) is 0 Å². The third kappa shape index (κ3) is 6.22. The molecule has 0 amide bonds. The maximum atomic E-state index is 11.8. The Hall–Kier alpha value is -2.31. The van der Waals surface area contributed by atoms with E-state index in [2.05, 4.69) is 0 Å². The summed E-state index contributed by atoms with van der Waals surface area (Å²) in [4.78, 5) is 11.8. The molecule has 0 spiro atoms. The average molecular weight is 565 g/mol. The molecule has 15 heteroatoms. The summed E-state index contributed by atoms with van der Waals surface area (Å²) in [7, 11) is 0. The zero-order chi connectivity index (χ0) is 29.1. The molecule has 2 aliphatic heterocycles. The molecule has 0 aliphatic carbocycles. The summed E-state index contributed by atoms with van der Waals surface area (Å²) >= 11 is 0. The van der Waals surface area contributed by atoms with Gasteiger partial charge in [0.1, 0.15) is 42.2 Å². The van der Waals surface area contributed by atoms with E-state index >= 15 is 0 Å². The van der Waals surface area contributed by atoms with Crippen LogP contribution in [0.3, 0.4) is 0 Å². The second kappa shape index (κ2) is 12.9. The van der Waals surface area contributed by atoms with Crippen molar-refractivity contribution in [3.63, 3.8) is 0 Å². The smallest absolute Gasteiger partial charge is 0.336 e. The zero-order valence-electron chi connectivity index (χ0n) is 21.2. The van der Waals surface area contributed by atoms with Crippen LogP contribution < -0.4 is 4.74 Å². The fraction of sp³-hybridized carbons (Fsp3) is 0.708. The monoisotopic (exact) mass is 564 g/mol. The van der Waals surface area contributed by atoms with E-state index in [0.29, 0.717) is 12.8 Å². The van der Waals surface area contributed by atoms with Gasteiger partial charge < -0.3 is 70.0 Å². The number of carbonyl (C=O) groups is 1. The largest absolute Gasteiger partial charge is 0.504 e. The number of carboxylic acid groups (broad SMARTS) is 1. The van der Waals surface area contributed by atoms with Crippen LogP contribution in [0, 0.1) is 0 Å². The van der Waals surface area contributed by atoms with Crippen LogP contribution in [0.15, 0.2) is 6.07 Å². The van der Waals surface area contributed by atoms with Gasteiger partial charge in [0, 0.05) is 5.56 Å². The number of phenolic OH excluding ortho intramolecular Hbond substituents is 2. The predicted octanol–water partition coefficient (Wildman–Crippen LogP) is -2.47. The molecule has 2 aliphatic rings. The molecule has 0 radical (unpaired) electrons. The van der Waals surface area contributed by atoms with Gasteiger partial charge in [0.05, 0.1) is 25.4 Å². The maximum absolute atomic E-state index is 11.8. The molecule has 1 aromatic rings. The Morgan fingerprint density at radius 3 is 2.28 bits per heavy atom. The topological polar surface area (TPSA) is 256 Å². The Bertz CT molecular complexity index is 989. The Balaban J connectivity index is 1.82. The molecule has 3 rings (SSSR count). The lowest BCUT2D eigenvalue weighted by molar-refractivity contribution is -0.290. The lowest BCUT2D eigenvalue weighted by Crippen LogP contribution is -2.60. The Kier molecular flexibility index (Phi) is 10.3. The molecule has 15 nitrogen and oxygen atoms in total. The van der Waals surface area contributed by atoms with Crippen LogP contribution in [-0.2, 0) is 20.6 Å². The van der Waals surface area contributed by atoms with E-state index in [9.17, 15) is 55.9 Å². The van der Waals surface area contributed by atoms with E-state index < -0.39 is 97.8 Å². The summed E-state index contributed by atoms with van der Waals surface area (Å²) < 4.78 is 21.7. The van der Waals surface area contributed by atoms with Crippen molar-refractivity contribution in [2.75, 3.05) is 19.8 Å². The molecule has 2 saturated heterocycles. The highest BCUT2D eigenvalue weighted by Gasteiger charge is 2.56. The standard InChI is InChI=1S/C24H36O15/c1-2-3-4-5-10-11(21(33)34)6-12(27)15(28)19(10)39-22-18(31)17(30)16(29)13(37-22)8-36-23-20(32)24(35,9-26)14(7-25)38-23/h6,13-14,16-18,20,22-23,25-32,35H,2-5,7-9H2,1H3,(H,33,34)/t13-,14-,16-,17+,18-,20+,22+,23-,24-/m1/s1. The summed E-state index contributed by atoms with van der Waals surface area (Å²) in [6.45, 7) is -0.421. The SMILES string of the molecule is CCCCCc1c(C(=O)O)cc(O)c(O)c1O[C@@H]1O[C@H](CO[C@@H]2O[C@H](CO)[C@](O)(CO)[C@H]2O)[C@@H](O)[C@H](O)[C@H]1O. The molecule has 1 aromatic carbocycles. The van der Waals surface area contributed by atoms with Crippen LogP contribution in [-0.4, -0.2) is 132 Å². The van der Waals surface area contributed by atoms with Crippen LogP contribution in [0.4, 0.5) is 0 Å². The molecule has 10 N–H and O–H groups in total. The fourth-order valence-electron chi connectivity index (χ4n) is 4.56. The van der Waals surface area contributed by atoms with Gasteiger partial charge in [0.2, 0.25) is 12.0 Å². The molecular weight excluding hydrogens is 528 g/mol. The number of aliphatic hydroxyl groups excluding tert-OH is 6. The minimum absolute atomic E-state index is 0.0104. The summed E-state index contributed by atoms with van der Waals surface area (Å²) in [6.07, 6.45) is -11.5. The second-order valence-electron chi connectivity index (χ2n) is 9.60. The van der Waals surface area contributed by atoms with E-state index in [1.165, 1.54) is 0 Å². The lowest BCUT2D eigenvalue weighted by atomic mass is 9.94. The number of hydrogen-bond donors (Lipinski definition) is 10. The molecule has 0 unspecified atom stereocenters. The second-order valence-corrected chi connectivity index (χ2v) is 9.60. The minimum Gasteiger partial charge on any atom is -0.504 e. The van der Waals surface area contributed by atoms with Gasteiger partial charge in [-0.15, -0.1) is 0 Å². The van der Waals surface area contributed by atoms with E-state index in [0.717, 1.165) is 12.5 Å². The highest BCUT2D eigenvalue weighted by atomic mass is 16.7. The highest BCUT2D eigenvalue weighted by Crippen LogP contribution is 2.43. The van der Waals surface area contributed by atoms with E-state index in [-0.39, 0.29) is 17.5 Å². The summed E-state index contributed by atoms with van der Waals surface area (Å²) in [6, 6.07) is 0.860.